The Bertz CT molecular complexity index is 660. The number of rotatable bonds is 6. The molecule has 2 rings (SSSR count). The van der Waals surface area contributed by atoms with Crippen molar-refractivity contribution < 1.29 is 19.1 Å². The average Bonchev–Trinajstić information content (AvgIpc) is 2.55. The number of nitrogens with one attached hydrogen (secondary N) is 1. The summed E-state index contributed by atoms with van der Waals surface area (Å²) in [5, 5.41) is 2.89. The van der Waals surface area contributed by atoms with Crippen LogP contribution in [0.4, 0.5) is 4.79 Å². The number of carbonyl (C=O) groups is 2. The van der Waals surface area contributed by atoms with Gasteiger partial charge in [0.2, 0.25) is 0 Å². The molecule has 24 heavy (non-hydrogen) atoms. The standard InChI is InChI=1S/C17H21BrN2O4/c1-4-20-11(2)14(16(21)24-10-9-23-3)15(19-17(20)22)12-7-5-6-8-13(12)18/h5-8,15H,4,9-10H2,1-3H3,(H,19,22). The molecule has 6 nitrogen and oxygen atoms in total. The zero-order valence-electron chi connectivity index (χ0n) is 14.0. The first-order valence-corrected chi connectivity index (χ1v) is 8.49. The van der Waals surface area contributed by atoms with Crippen molar-refractivity contribution in [1.82, 2.24) is 10.2 Å². The summed E-state index contributed by atoms with van der Waals surface area (Å²) >= 11 is 3.48. The maximum absolute atomic E-state index is 12.6. The zero-order chi connectivity index (χ0) is 17.7. The van der Waals surface area contributed by atoms with Gasteiger partial charge >= 0.3 is 12.0 Å². The van der Waals surface area contributed by atoms with E-state index in [1.165, 1.54) is 4.90 Å². The van der Waals surface area contributed by atoms with Crippen LogP contribution in [0.5, 0.6) is 0 Å². The van der Waals surface area contributed by atoms with E-state index in [4.69, 9.17) is 9.47 Å². The molecule has 7 heteroatoms. The summed E-state index contributed by atoms with van der Waals surface area (Å²) in [4.78, 5) is 26.5. The maximum atomic E-state index is 12.6. The monoisotopic (exact) mass is 396 g/mol. The number of hydrogen-bond acceptors (Lipinski definition) is 4. The zero-order valence-corrected chi connectivity index (χ0v) is 15.6. The van der Waals surface area contributed by atoms with Gasteiger partial charge in [-0.05, 0) is 25.5 Å². The molecule has 1 N–H and O–H groups in total. The summed E-state index contributed by atoms with van der Waals surface area (Å²) in [6.45, 7) is 4.57. The fraction of sp³-hybridized carbons (Fsp3) is 0.412. The van der Waals surface area contributed by atoms with E-state index in [-0.39, 0.29) is 12.6 Å². The predicted octanol–water partition coefficient (Wildman–Crippen LogP) is 3.00. The Morgan fingerprint density at radius 1 is 1.33 bits per heavy atom. The Hall–Kier alpha value is -1.86. The molecule has 0 spiro atoms. The molecule has 2 amide bonds. The molecule has 1 aromatic carbocycles. The number of halogens is 1. The molecule has 130 valence electrons. The normalized spacial score (nSPS) is 17.8. The molecule has 0 bridgehead atoms. The summed E-state index contributed by atoms with van der Waals surface area (Å²) in [6, 6.07) is 6.68. The second-order valence-electron chi connectivity index (χ2n) is 5.28. The van der Waals surface area contributed by atoms with Crippen molar-refractivity contribution in [3.63, 3.8) is 0 Å². The summed E-state index contributed by atoms with van der Waals surface area (Å²) in [5.74, 6) is -0.455. The third-order valence-electron chi connectivity index (χ3n) is 3.87. The first-order valence-electron chi connectivity index (χ1n) is 7.70. The van der Waals surface area contributed by atoms with Crippen LogP contribution in [0.15, 0.2) is 40.0 Å². The van der Waals surface area contributed by atoms with Crippen molar-refractivity contribution in [2.24, 2.45) is 0 Å². The molecule has 0 aliphatic carbocycles. The largest absolute Gasteiger partial charge is 0.460 e. The van der Waals surface area contributed by atoms with Crippen LogP contribution < -0.4 is 5.32 Å². The Morgan fingerprint density at radius 3 is 2.67 bits per heavy atom. The van der Waals surface area contributed by atoms with E-state index in [1.807, 2.05) is 31.2 Å². The quantitative estimate of drug-likeness (QED) is 0.592. The van der Waals surface area contributed by atoms with Gasteiger partial charge in [0.05, 0.1) is 18.2 Å². The Labute approximate surface area is 149 Å². The smallest absolute Gasteiger partial charge is 0.338 e. The van der Waals surface area contributed by atoms with E-state index in [2.05, 4.69) is 21.2 Å². The van der Waals surface area contributed by atoms with Crippen LogP contribution in [-0.2, 0) is 14.3 Å². The van der Waals surface area contributed by atoms with E-state index in [9.17, 15) is 9.59 Å². The van der Waals surface area contributed by atoms with Gasteiger partial charge in [-0.25, -0.2) is 9.59 Å². The van der Waals surface area contributed by atoms with Crippen molar-refractivity contribution in [1.29, 1.82) is 0 Å². The second-order valence-corrected chi connectivity index (χ2v) is 6.13. The van der Waals surface area contributed by atoms with Gasteiger partial charge in [0.1, 0.15) is 6.61 Å². The van der Waals surface area contributed by atoms with E-state index < -0.39 is 12.0 Å². The van der Waals surface area contributed by atoms with Gasteiger partial charge in [0.15, 0.2) is 0 Å². The lowest BCUT2D eigenvalue weighted by Crippen LogP contribution is -2.48. The van der Waals surface area contributed by atoms with Crippen molar-refractivity contribution in [3.8, 4) is 0 Å². The molecule has 1 atom stereocenters. The van der Waals surface area contributed by atoms with Crippen molar-refractivity contribution in [3.05, 3.63) is 45.6 Å². The van der Waals surface area contributed by atoms with Gasteiger partial charge in [-0.3, -0.25) is 4.90 Å². The minimum Gasteiger partial charge on any atom is -0.460 e. The van der Waals surface area contributed by atoms with Crippen LogP contribution in [-0.4, -0.2) is 43.8 Å². The lowest BCUT2D eigenvalue weighted by molar-refractivity contribution is -0.140. The number of hydrogen-bond donors (Lipinski definition) is 1. The van der Waals surface area contributed by atoms with E-state index in [0.717, 1.165) is 10.0 Å². The molecule has 1 aliphatic rings. The number of urea groups is 1. The first kappa shape index (κ1) is 18.5. The number of allylic oxidation sites excluding steroid dienone is 1. The summed E-state index contributed by atoms with van der Waals surface area (Å²) in [6.07, 6.45) is 0. The highest BCUT2D eigenvalue weighted by atomic mass is 79.9. The van der Waals surface area contributed by atoms with E-state index in [1.54, 1.807) is 14.0 Å². The Kier molecular flexibility index (Phi) is 6.39. The van der Waals surface area contributed by atoms with Crippen LogP contribution in [0.2, 0.25) is 0 Å². The van der Waals surface area contributed by atoms with Crippen LogP contribution in [0.1, 0.15) is 25.5 Å². The number of nitrogens with zero attached hydrogens (tertiary/aromatic N) is 1. The van der Waals surface area contributed by atoms with Gasteiger partial charge in [-0.15, -0.1) is 0 Å². The van der Waals surface area contributed by atoms with Crippen molar-refractivity contribution in [2.75, 3.05) is 26.9 Å². The minimum absolute atomic E-state index is 0.162. The summed E-state index contributed by atoms with van der Waals surface area (Å²) < 4.78 is 11.0. The molecular weight excluding hydrogens is 376 g/mol. The summed E-state index contributed by atoms with van der Waals surface area (Å²) in [7, 11) is 1.54. The number of methoxy groups -OCH3 is 1. The minimum atomic E-state index is -0.564. The van der Waals surface area contributed by atoms with E-state index in [0.29, 0.717) is 24.4 Å². The molecule has 1 heterocycles. The molecule has 1 unspecified atom stereocenters. The Morgan fingerprint density at radius 2 is 2.04 bits per heavy atom. The van der Waals surface area contributed by atoms with Crippen molar-refractivity contribution in [2.45, 2.75) is 19.9 Å². The second kappa shape index (κ2) is 8.30. The lowest BCUT2D eigenvalue weighted by atomic mass is 9.95. The van der Waals surface area contributed by atoms with E-state index >= 15 is 0 Å². The molecule has 1 aromatic rings. The van der Waals surface area contributed by atoms with Crippen LogP contribution >= 0.6 is 15.9 Å². The van der Waals surface area contributed by atoms with Gasteiger partial charge in [0.25, 0.3) is 0 Å². The number of esters is 1. The van der Waals surface area contributed by atoms with Crippen LogP contribution in [0.3, 0.4) is 0 Å². The van der Waals surface area contributed by atoms with Crippen LogP contribution in [0.25, 0.3) is 0 Å². The fourth-order valence-corrected chi connectivity index (χ4v) is 3.18. The van der Waals surface area contributed by atoms with Gasteiger partial charge < -0.3 is 14.8 Å². The predicted molar refractivity (Wildman–Crippen MR) is 93.3 cm³/mol. The molecular formula is C17H21BrN2O4. The van der Waals surface area contributed by atoms with Crippen molar-refractivity contribution >= 4 is 27.9 Å². The highest BCUT2D eigenvalue weighted by Crippen LogP contribution is 2.34. The molecule has 0 saturated carbocycles. The first-order chi connectivity index (χ1) is 11.5. The molecule has 0 fully saturated rings. The third kappa shape index (κ3) is 3.79. The number of amides is 2. The van der Waals surface area contributed by atoms with Gasteiger partial charge in [-0.2, -0.15) is 0 Å². The molecule has 1 aliphatic heterocycles. The Balaban J connectivity index is 2.44. The highest BCUT2D eigenvalue weighted by Gasteiger charge is 2.36. The molecule has 0 radical (unpaired) electrons. The SMILES string of the molecule is CCN1C(=O)NC(c2ccccc2Br)C(C(=O)OCCOC)=C1C. The van der Waals surface area contributed by atoms with Gasteiger partial charge in [0, 0.05) is 23.8 Å². The molecule has 0 aromatic heterocycles. The maximum Gasteiger partial charge on any atom is 0.338 e. The number of ether oxygens (including phenoxy) is 2. The molecule has 0 saturated heterocycles. The average molecular weight is 397 g/mol. The summed E-state index contributed by atoms with van der Waals surface area (Å²) in [5.41, 5.74) is 1.84. The number of carbonyl (C=O) groups excluding carboxylic acids is 2. The lowest BCUT2D eigenvalue weighted by Gasteiger charge is -2.35. The number of benzene rings is 1. The topological polar surface area (TPSA) is 67.9 Å². The highest BCUT2D eigenvalue weighted by molar-refractivity contribution is 9.10. The van der Waals surface area contributed by atoms with Crippen LogP contribution in [0, 0.1) is 0 Å². The van der Waals surface area contributed by atoms with Gasteiger partial charge in [-0.1, -0.05) is 34.1 Å². The third-order valence-corrected chi connectivity index (χ3v) is 4.59. The fourth-order valence-electron chi connectivity index (χ4n) is 2.66.